The number of aryl methyl sites for hydroxylation is 1. The van der Waals surface area contributed by atoms with Crippen LogP contribution in [0.15, 0.2) is 24.3 Å². The van der Waals surface area contributed by atoms with Gasteiger partial charge in [-0.15, -0.1) is 0 Å². The first-order chi connectivity index (χ1) is 14.4. The maximum atomic E-state index is 13.0. The van der Waals surface area contributed by atoms with Crippen LogP contribution in [0.25, 0.3) is 0 Å². The van der Waals surface area contributed by atoms with E-state index in [-0.39, 0.29) is 11.8 Å². The van der Waals surface area contributed by atoms with Crippen LogP contribution >= 0.6 is 11.6 Å². The fourth-order valence-corrected chi connectivity index (χ4v) is 4.90. The lowest BCUT2D eigenvalue weighted by molar-refractivity contribution is -0.143. The van der Waals surface area contributed by atoms with Gasteiger partial charge in [-0.3, -0.25) is 14.3 Å². The molecule has 7 heteroatoms. The largest absolute Gasteiger partial charge is 0.481 e. The van der Waals surface area contributed by atoms with Gasteiger partial charge in [-0.2, -0.15) is 5.10 Å². The molecule has 1 amide bonds. The topological polar surface area (TPSA) is 75.4 Å². The highest BCUT2D eigenvalue weighted by atomic mass is 35.5. The molecular formula is C23H28ClN3O3. The van der Waals surface area contributed by atoms with Crippen molar-refractivity contribution in [3.05, 3.63) is 51.8 Å². The smallest absolute Gasteiger partial charge is 0.306 e. The number of aromatic nitrogens is 2. The number of carbonyl (C=O) groups is 2. The number of carboxylic acids is 1. The van der Waals surface area contributed by atoms with Gasteiger partial charge in [0.15, 0.2) is 0 Å². The van der Waals surface area contributed by atoms with Crippen LogP contribution in [0.2, 0.25) is 5.02 Å². The first-order valence-electron chi connectivity index (χ1n) is 10.7. The van der Waals surface area contributed by atoms with Crippen LogP contribution in [0.4, 0.5) is 0 Å². The van der Waals surface area contributed by atoms with Crippen molar-refractivity contribution < 1.29 is 14.7 Å². The van der Waals surface area contributed by atoms with Gasteiger partial charge in [0, 0.05) is 18.0 Å². The summed E-state index contributed by atoms with van der Waals surface area (Å²) < 4.78 is 2.02. The number of nitrogens with zero attached hydrogens (tertiary/aromatic N) is 3. The monoisotopic (exact) mass is 429 g/mol. The first kappa shape index (κ1) is 20.9. The number of fused-ring (bicyclic) bond motifs is 1. The molecule has 2 aromatic rings. The van der Waals surface area contributed by atoms with Gasteiger partial charge >= 0.3 is 5.97 Å². The molecule has 6 nitrogen and oxygen atoms in total. The summed E-state index contributed by atoms with van der Waals surface area (Å²) >= 11 is 6.00. The van der Waals surface area contributed by atoms with Crippen LogP contribution in [0, 0.1) is 18.8 Å². The standard InChI is InChI=1S/C23H28ClN3O3/c1-15-20-10-11-26(22(28)12-16-2-6-18(7-3-16)23(29)30)14-21(20)27(25-15)13-17-4-8-19(24)9-5-17/h4-5,8-9,16,18H,2-3,6-7,10-14H2,1H3,(H,29,30). The average Bonchev–Trinajstić information content (AvgIpc) is 3.05. The van der Waals surface area contributed by atoms with Gasteiger partial charge in [-0.05, 0) is 68.2 Å². The number of carboxylic acid groups (broad SMARTS) is 1. The third kappa shape index (κ3) is 4.53. The molecule has 4 rings (SSSR count). The maximum absolute atomic E-state index is 13.0. The quantitative estimate of drug-likeness (QED) is 0.777. The third-order valence-corrected chi connectivity index (χ3v) is 6.85. The summed E-state index contributed by atoms with van der Waals surface area (Å²) in [4.78, 5) is 26.1. The van der Waals surface area contributed by atoms with E-state index in [1.54, 1.807) is 0 Å². The minimum absolute atomic E-state index is 0.177. The number of benzene rings is 1. The molecule has 1 aliphatic heterocycles. The van der Waals surface area contributed by atoms with E-state index in [4.69, 9.17) is 21.8 Å². The highest BCUT2D eigenvalue weighted by Crippen LogP contribution is 2.32. The molecule has 0 atom stereocenters. The molecule has 160 valence electrons. The number of hydrogen-bond acceptors (Lipinski definition) is 3. The molecule has 1 N–H and O–H groups in total. The van der Waals surface area contributed by atoms with E-state index in [2.05, 4.69) is 0 Å². The second-order valence-electron chi connectivity index (χ2n) is 8.62. The molecule has 30 heavy (non-hydrogen) atoms. The van der Waals surface area contributed by atoms with Gasteiger partial charge in [0.2, 0.25) is 5.91 Å². The van der Waals surface area contributed by atoms with Gasteiger partial charge in [-0.25, -0.2) is 0 Å². The van der Waals surface area contributed by atoms with E-state index in [0.717, 1.165) is 42.8 Å². The minimum Gasteiger partial charge on any atom is -0.481 e. The van der Waals surface area contributed by atoms with Crippen LogP contribution in [0.1, 0.15) is 54.6 Å². The number of carbonyl (C=O) groups excluding carboxylic acids is 1. The van der Waals surface area contributed by atoms with Gasteiger partial charge in [0.25, 0.3) is 0 Å². The van der Waals surface area contributed by atoms with Crippen LogP contribution in [0.5, 0.6) is 0 Å². The fraction of sp³-hybridized carbons (Fsp3) is 0.522. The van der Waals surface area contributed by atoms with Crippen molar-refractivity contribution in [3.8, 4) is 0 Å². The second kappa shape index (κ2) is 8.80. The Hall–Kier alpha value is -2.34. The molecule has 1 aromatic heterocycles. The highest BCUT2D eigenvalue weighted by molar-refractivity contribution is 6.30. The van der Waals surface area contributed by atoms with E-state index in [1.165, 1.54) is 5.56 Å². The Kier molecular flexibility index (Phi) is 6.14. The van der Waals surface area contributed by atoms with Crippen LogP contribution in [0.3, 0.4) is 0 Å². The van der Waals surface area contributed by atoms with Crippen LogP contribution < -0.4 is 0 Å². The van der Waals surface area contributed by atoms with E-state index in [9.17, 15) is 9.59 Å². The molecule has 2 heterocycles. The van der Waals surface area contributed by atoms with Gasteiger partial charge < -0.3 is 10.0 Å². The Bertz CT molecular complexity index is 930. The molecule has 2 aliphatic rings. The molecule has 1 fully saturated rings. The molecule has 1 aromatic carbocycles. The van der Waals surface area contributed by atoms with Crippen molar-refractivity contribution in [2.75, 3.05) is 6.54 Å². The van der Waals surface area contributed by atoms with Crippen molar-refractivity contribution in [1.82, 2.24) is 14.7 Å². The highest BCUT2D eigenvalue weighted by Gasteiger charge is 2.30. The van der Waals surface area contributed by atoms with Gasteiger partial charge in [-0.1, -0.05) is 23.7 Å². The van der Waals surface area contributed by atoms with Crippen molar-refractivity contribution in [2.24, 2.45) is 11.8 Å². The Labute approximate surface area is 181 Å². The van der Waals surface area contributed by atoms with Crippen LogP contribution in [-0.4, -0.2) is 38.2 Å². The first-order valence-corrected chi connectivity index (χ1v) is 11.1. The van der Waals surface area contributed by atoms with Crippen molar-refractivity contribution in [1.29, 1.82) is 0 Å². The number of amides is 1. The number of aliphatic carboxylic acids is 1. The summed E-state index contributed by atoms with van der Waals surface area (Å²) in [5.41, 5.74) is 4.55. The summed E-state index contributed by atoms with van der Waals surface area (Å²) in [5, 5.41) is 14.6. The zero-order valence-electron chi connectivity index (χ0n) is 17.3. The Morgan fingerprint density at radius 2 is 1.87 bits per heavy atom. The van der Waals surface area contributed by atoms with Crippen molar-refractivity contribution in [3.63, 3.8) is 0 Å². The molecule has 0 unspecified atom stereocenters. The molecule has 0 radical (unpaired) electrons. The van der Waals surface area contributed by atoms with E-state index >= 15 is 0 Å². The predicted molar refractivity (Wildman–Crippen MR) is 114 cm³/mol. The molecular weight excluding hydrogens is 402 g/mol. The lowest BCUT2D eigenvalue weighted by Crippen LogP contribution is -2.38. The van der Waals surface area contributed by atoms with E-state index in [1.807, 2.05) is 40.8 Å². The lowest BCUT2D eigenvalue weighted by atomic mass is 9.80. The number of rotatable bonds is 5. The summed E-state index contributed by atoms with van der Waals surface area (Å²) in [7, 11) is 0. The number of hydrogen-bond donors (Lipinski definition) is 1. The molecule has 1 saturated carbocycles. The van der Waals surface area contributed by atoms with Crippen molar-refractivity contribution >= 4 is 23.5 Å². The fourth-order valence-electron chi connectivity index (χ4n) is 4.77. The Balaban J connectivity index is 1.41. The molecule has 1 aliphatic carbocycles. The zero-order valence-corrected chi connectivity index (χ0v) is 18.1. The summed E-state index contributed by atoms with van der Waals surface area (Å²) in [6, 6.07) is 7.78. The van der Waals surface area contributed by atoms with Gasteiger partial charge in [0.1, 0.15) is 0 Å². The summed E-state index contributed by atoms with van der Waals surface area (Å²) in [6.07, 6.45) is 4.38. The average molecular weight is 430 g/mol. The maximum Gasteiger partial charge on any atom is 0.306 e. The number of halogens is 1. The predicted octanol–water partition coefficient (Wildman–Crippen LogP) is 4.06. The Morgan fingerprint density at radius 3 is 2.53 bits per heavy atom. The molecule has 0 saturated heterocycles. The molecule has 0 bridgehead atoms. The third-order valence-electron chi connectivity index (χ3n) is 6.60. The lowest BCUT2D eigenvalue weighted by Gasteiger charge is -2.31. The zero-order chi connectivity index (χ0) is 21.3. The normalized spacial score (nSPS) is 21.3. The second-order valence-corrected chi connectivity index (χ2v) is 9.06. The SMILES string of the molecule is Cc1nn(Cc2ccc(Cl)cc2)c2c1CCN(C(=O)CC1CCC(C(=O)O)CC1)C2. The van der Waals surface area contributed by atoms with E-state index < -0.39 is 5.97 Å². The van der Waals surface area contributed by atoms with E-state index in [0.29, 0.717) is 43.3 Å². The Morgan fingerprint density at radius 1 is 1.17 bits per heavy atom. The molecule has 0 spiro atoms. The van der Waals surface area contributed by atoms with Crippen LogP contribution in [-0.2, 0) is 29.1 Å². The summed E-state index contributed by atoms with van der Waals surface area (Å²) in [6.45, 7) is 4.01. The van der Waals surface area contributed by atoms with Crippen molar-refractivity contribution in [2.45, 2.75) is 58.5 Å². The van der Waals surface area contributed by atoms with Gasteiger partial charge in [0.05, 0.1) is 30.4 Å². The summed E-state index contributed by atoms with van der Waals surface area (Å²) in [5.74, 6) is -0.460. The minimum atomic E-state index is -0.701.